The van der Waals surface area contributed by atoms with Crippen LogP contribution in [0.25, 0.3) is 11.1 Å². The minimum absolute atomic E-state index is 0.110. The normalized spacial score (nSPS) is 11.4. The van der Waals surface area contributed by atoms with Gasteiger partial charge >= 0.3 is 0 Å². The number of halogens is 2. The molecule has 2 aromatic carbocycles. The zero-order chi connectivity index (χ0) is 22.8. The van der Waals surface area contributed by atoms with Crippen LogP contribution < -0.4 is 15.0 Å². The van der Waals surface area contributed by atoms with Gasteiger partial charge in [0.2, 0.25) is 10.0 Å². The van der Waals surface area contributed by atoms with Crippen LogP contribution in [0.3, 0.4) is 0 Å². The topological polar surface area (TPSA) is 77.4 Å². The molecule has 3 aromatic rings. The van der Waals surface area contributed by atoms with Gasteiger partial charge in [0.15, 0.2) is 11.6 Å². The number of sulfonamides is 1. The van der Waals surface area contributed by atoms with E-state index in [1.807, 2.05) is 6.92 Å². The molecule has 0 atom stereocenters. The number of ether oxygens (including phenoxy) is 1. The predicted molar refractivity (Wildman–Crippen MR) is 116 cm³/mol. The van der Waals surface area contributed by atoms with Crippen LogP contribution in [0.4, 0.5) is 14.5 Å². The average molecular weight is 448 g/mol. The lowest BCUT2D eigenvalue weighted by Gasteiger charge is -2.16. The van der Waals surface area contributed by atoms with Crippen LogP contribution in [0.15, 0.2) is 53.5 Å². The summed E-state index contributed by atoms with van der Waals surface area (Å²) in [4.78, 5) is 12.3. The number of nitrogens with zero attached hydrogens (tertiary/aromatic N) is 1. The molecule has 31 heavy (non-hydrogen) atoms. The van der Waals surface area contributed by atoms with Gasteiger partial charge < -0.3 is 9.30 Å². The molecule has 0 aliphatic heterocycles. The van der Waals surface area contributed by atoms with Gasteiger partial charge in [-0.3, -0.25) is 9.52 Å². The Hall–Kier alpha value is -3.20. The third-order valence-corrected chi connectivity index (χ3v) is 6.00. The summed E-state index contributed by atoms with van der Waals surface area (Å²) >= 11 is 0. The molecule has 164 valence electrons. The zero-order valence-corrected chi connectivity index (χ0v) is 18.1. The van der Waals surface area contributed by atoms with Gasteiger partial charge in [-0.1, -0.05) is 6.92 Å². The highest BCUT2D eigenvalue weighted by molar-refractivity contribution is 7.92. The second-order valence-electron chi connectivity index (χ2n) is 6.92. The molecule has 0 saturated heterocycles. The SMILES string of the molecule is CCc1cc(-c2cc(NS(=O)(=O)CC)ccc2Oc2ccc(F)cc2F)cn(C)c1=O. The monoisotopic (exact) mass is 448 g/mol. The quantitative estimate of drug-likeness (QED) is 0.580. The lowest BCUT2D eigenvalue weighted by Crippen LogP contribution is -2.20. The zero-order valence-electron chi connectivity index (χ0n) is 17.3. The van der Waals surface area contributed by atoms with Gasteiger partial charge in [-0.05, 0) is 49.7 Å². The summed E-state index contributed by atoms with van der Waals surface area (Å²) in [7, 11) is -1.92. The summed E-state index contributed by atoms with van der Waals surface area (Å²) in [5.74, 6) is -1.70. The van der Waals surface area contributed by atoms with Crippen molar-refractivity contribution >= 4 is 15.7 Å². The molecule has 0 aliphatic rings. The molecule has 0 radical (unpaired) electrons. The molecule has 6 nitrogen and oxygen atoms in total. The Labute approximate surface area is 179 Å². The first-order valence-corrected chi connectivity index (χ1v) is 11.3. The second kappa shape index (κ2) is 8.89. The standard InChI is InChI=1S/C22H22F2N2O4S/c1-4-14-10-15(13-26(3)22(14)27)18-12-17(25-31(28,29)5-2)7-9-20(18)30-21-8-6-16(23)11-19(21)24/h6-13,25H,4-5H2,1-3H3. The highest BCUT2D eigenvalue weighted by Gasteiger charge is 2.16. The number of hydrogen-bond acceptors (Lipinski definition) is 4. The van der Waals surface area contributed by atoms with Gasteiger partial charge in [-0.15, -0.1) is 0 Å². The maximum absolute atomic E-state index is 14.2. The number of pyridine rings is 1. The summed E-state index contributed by atoms with van der Waals surface area (Å²) < 4.78 is 61.0. The van der Waals surface area contributed by atoms with Crippen LogP contribution >= 0.6 is 0 Å². The van der Waals surface area contributed by atoms with Crippen LogP contribution in [0.5, 0.6) is 11.5 Å². The molecule has 0 aliphatic carbocycles. The summed E-state index contributed by atoms with van der Waals surface area (Å²) in [6.07, 6.45) is 2.08. The van der Waals surface area contributed by atoms with Crippen molar-refractivity contribution in [1.29, 1.82) is 0 Å². The minimum atomic E-state index is -3.53. The van der Waals surface area contributed by atoms with E-state index >= 15 is 0 Å². The van der Waals surface area contributed by atoms with Crippen LogP contribution in [-0.2, 0) is 23.5 Å². The fourth-order valence-corrected chi connectivity index (χ4v) is 3.65. The van der Waals surface area contributed by atoms with E-state index in [1.54, 1.807) is 25.4 Å². The van der Waals surface area contributed by atoms with Crippen molar-refractivity contribution in [1.82, 2.24) is 4.57 Å². The van der Waals surface area contributed by atoms with Gasteiger partial charge in [0, 0.05) is 41.7 Å². The summed E-state index contributed by atoms with van der Waals surface area (Å²) in [6.45, 7) is 3.36. The molecule has 3 rings (SSSR count). The van der Waals surface area contributed by atoms with Gasteiger partial charge in [0.1, 0.15) is 11.6 Å². The lowest BCUT2D eigenvalue weighted by molar-refractivity contribution is 0.439. The molecule has 0 unspecified atom stereocenters. The number of nitrogens with one attached hydrogen (secondary N) is 1. The minimum Gasteiger partial charge on any atom is -0.454 e. The van der Waals surface area contributed by atoms with E-state index in [9.17, 15) is 22.0 Å². The molecule has 0 saturated carbocycles. The highest BCUT2D eigenvalue weighted by atomic mass is 32.2. The Morgan fingerprint density at radius 2 is 1.74 bits per heavy atom. The molecule has 1 aromatic heterocycles. The number of anilines is 1. The van der Waals surface area contributed by atoms with Crippen molar-refractivity contribution in [3.63, 3.8) is 0 Å². The number of benzene rings is 2. The molecule has 1 heterocycles. The number of aryl methyl sites for hydroxylation is 2. The van der Waals surface area contributed by atoms with E-state index in [0.29, 0.717) is 29.2 Å². The van der Waals surface area contributed by atoms with E-state index in [4.69, 9.17) is 4.74 Å². The van der Waals surface area contributed by atoms with E-state index in [-0.39, 0.29) is 28.5 Å². The van der Waals surface area contributed by atoms with E-state index in [1.165, 1.54) is 29.7 Å². The van der Waals surface area contributed by atoms with Gasteiger partial charge in [0.05, 0.1) is 5.75 Å². The smallest absolute Gasteiger partial charge is 0.253 e. The lowest BCUT2D eigenvalue weighted by atomic mass is 10.0. The molecule has 0 spiro atoms. The van der Waals surface area contributed by atoms with Crippen molar-refractivity contribution in [2.24, 2.45) is 7.05 Å². The third kappa shape index (κ3) is 5.11. The summed E-state index contributed by atoms with van der Waals surface area (Å²) in [6, 6.07) is 9.15. The second-order valence-corrected chi connectivity index (χ2v) is 8.93. The largest absolute Gasteiger partial charge is 0.454 e. The maximum Gasteiger partial charge on any atom is 0.253 e. The van der Waals surface area contributed by atoms with Crippen LogP contribution in [-0.4, -0.2) is 18.7 Å². The molecular weight excluding hydrogens is 426 g/mol. The van der Waals surface area contributed by atoms with E-state index < -0.39 is 21.7 Å². The van der Waals surface area contributed by atoms with Crippen molar-refractivity contribution in [2.75, 3.05) is 10.5 Å². The summed E-state index contributed by atoms with van der Waals surface area (Å²) in [5, 5.41) is 0. The first-order chi connectivity index (χ1) is 14.6. The van der Waals surface area contributed by atoms with E-state index in [2.05, 4.69) is 4.72 Å². The molecular formula is C22H22F2N2O4S. The predicted octanol–water partition coefficient (Wildman–Crippen LogP) is 4.45. The maximum atomic E-state index is 14.2. The average Bonchev–Trinajstić information content (AvgIpc) is 2.72. The van der Waals surface area contributed by atoms with Gasteiger partial charge in [-0.2, -0.15) is 0 Å². The van der Waals surface area contributed by atoms with Crippen LogP contribution in [0.2, 0.25) is 0 Å². The third-order valence-electron chi connectivity index (χ3n) is 4.70. The van der Waals surface area contributed by atoms with Crippen molar-refractivity contribution in [2.45, 2.75) is 20.3 Å². The van der Waals surface area contributed by atoms with Crippen molar-refractivity contribution in [3.8, 4) is 22.6 Å². The Morgan fingerprint density at radius 3 is 2.39 bits per heavy atom. The highest BCUT2D eigenvalue weighted by Crippen LogP contribution is 2.36. The molecule has 0 fully saturated rings. The fraction of sp³-hybridized carbons (Fsp3) is 0.227. The van der Waals surface area contributed by atoms with E-state index in [0.717, 1.165) is 6.07 Å². The number of rotatable bonds is 7. The van der Waals surface area contributed by atoms with Crippen molar-refractivity contribution in [3.05, 3.63) is 76.2 Å². The first-order valence-electron chi connectivity index (χ1n) is 9.61. The summed E-state index contributed by atoms with van der Waals surface area (Å²) in [5.41, 5.74) is 1.70. The Bertz CT molecular complexity index is 1290. The first kappa shape index (κ1) is 22.5. The number of aromatic nitrogens is 1. The molecule has 1 N–H and O–H groups in total. The van der Waals surface area contributed by atoms with Gasteiger partial charge in [-0.25, -0.2) is 17.2 Å². The molecule has 0 amide bonds. The van der Waals surface area contributed by atoms with Crippen molar-refractivity contribution < 1.29 is 21.9 Å². The molecule has 0 bridgehead atoms. The molecule has 9 heteroatoms. The Morgan fingerprint density at radius 1 is 1.03 bits per heavy atom. The Balaban J connectivity index is 2.17. The number of hydrogen-bond donors (Lipinski definition) is 1. The Kier molecular flexibility index (Phi) is 6.45. The van der Waals surface area contributed by atoms with Crippen LogP contribution in [0, 0.1) is 11.6 Å². The van der Waals surface area contributed by atoms with Gasteiger partial charge in [0.25, 0.3) is 5.56 Å². The fourth-order valence-electron chi connectivity index (χ4n) is 3.02. The van der Waals surface area contributed by atoms with Crippen LogP contribution in [0.1, 0.15) is 19.4 Å².